The summed E-state index contributed by atoms with van der Waals surface area (Å²) in [6, 6.07) is 5.37. The number of thiophene rings is 1. The van der Waals surface area contributed by atoms with Gasteiger partial charge in [-0.1, -0.05) is 0 Å². The number of halogens is 1. The molecule has 0 amide bonds. The first-order valence-electron chi connectivity index (χ1n) is 5.48. The molecule has 0 bridgehead atoms. The van der Waals surface area contributed by atoms with Crippen molar-refractivity contribution in [1.29, 1.82) is 0 Å². The molecule has 0 spiro atoms. The van der Waals surface area contributed by atoms with Gasteiger partial charge in [0.25, 0.3) is 0 Å². The minimum Gasteiger partial charge on any atom is -0.399 e. The summed E-state index contributed by atoms with van der Waals surface area (Å²) >= 11 is 1.45. The van der Waals surface area contributed by atoms with E-state index in [0.29, 0.717) is 0 Å². The first-order valence-corrected chi connectivity index (χ1v) is 7.84. The number of anilines is 1. The normalized spacial score (nSPS) is 11.7. The number of nitrogen functional groups attached to an aromatic ring is 1. The number of nitrogens with one attached hydrogen (secondary N) is 1. The smallest absolute Gasteiger partial charge is 0.243 e. The van der Waals surface area contributed by atoms with Crippen molar-refractivity contribution in [2.45, 2.75) is 18.4 Å². The fourth-order valence-corrected chi connectivity index (χ4v) is 3.59. The Morgan fingerprint density at radius 1 is 1.37 bits per heavy atom. The summed E-state index contributed by atoms with van der Waals surface area (Å²) in [5.74, 6) is -0.815. The van der Waals surface area contributed by atoms with E-state index in [1.54, 1.807) is 0 Å². The van der Waals surface area contributed by atoms with Gasteiger partial charge in [-0.15, -0.1) is 11.3 Å². The lowest BCUT2D eigenvalue weighted by atomic mass is 10.3. The van der Waals surface area contributed by atoms with Crippen molar-refractivity contribution in [3.05, 3.63) is 45.9 Å². The molecule has 0 radical (unpaired) electrons. The highest BCUT2D eigenvalue weighted by atomic mass is 32.2. The molecule has 0 saturated heterocycles. The maximum atomic E-state index is 13.5. The molecule has 1 aromatic heterocycles. The highest BCUT2D eigenvalue weighted by Crippen LogP contribution is 2.19. The highest BCUT2D eigenvalue weighted by Gasteiger charge is 2.19. The number of nitrogens with two attached hydrogens (primary N) is 1. The number of sulfonamides is 1. The SMILES string of the molecule is Cc1ccsc1CNS(=O)(=O)c1cc(N)ccc1F. The number of rotatable bonds is 4. The summed E-state index contributed by atoms with van der Waals surface area (Å²) < 4.78 is 39.9. The summed E-state index contributed by atoms with van der Waals surface area (Å²) in [5.41, 5.74) is 6.69. The van der Waals surface area contributed by atoms with E-state index in [0.717, 1.165) is 22.6 Å². The van der Waals surface area contributed by atoms with Gasteiger partial charge in [-0.3, -0.25) is 0 Å². The molecule has 3 N–H and O–H groups in total. The van der Waals surface area contributed by atoms with Crippen LogP contribution in [0.25, 0.3) is 0 Å². The molecular weight excluding hydrogens is 287 g/mol. The van der Waals surface area contributed by atoms with Crippen LogP contribution in [0.3, 0.4) is 0 Å². The lowest BCUT2D eigenvalue weighted by Gasteiger charge is -2.08. The second-order valence-electron chi connectivity index (χ2n) is 4.04. The van der Waals surface area contributed by atoms with Crippen LogP contribution in [0.2, 0.25) is 0 Å². The second-order valence-corrected chi connectivity index (χ2v) is 6.78. The van der Waals surface area contributed by atoms with E-state index in [-0.39, 0.29) is 12.2 Å². The molecule has 0 saturated carbocycles. The van der Waals surface area contributed by atoms with Crippen molar-refractivity contribution in [3.8, 4) is 0 Å². The van der Waals surface area contributed by atoms with Crippen LogP contribution < -0.4 is 10.5 Å². The molecule has 19 heavy (non-hydrogen) atoms. The van der Waals surface area contributed by atoms with Gasteiger partial charge in [0.1, 0.15) is 10.7 Å². The van der Waals surface area contributed by atoms with E-state index >= 15 is 0 Å². The Kier molecular flexibility index (Phi) is 3.88. The third-order valence-electron chi connectivity index (χ3n) is 2.64. The highest BCUT2D eigenvalue weighted by molar-refractivity contribution is 7.89. The Bertz CT molecular complexity index is 696. The van der Waals surface area contributed by atoms with E-state index in [9.17, 15) is 12.8 Å². The molecular formula is C12H13FN2O2S2. The zero-order valence-electron chi connectivity index (χ0n) is 10.2. The van der Waals surface area contributed by atoms with Gasteiger partial charge in [0, 0.05) is 17.1 Å². The van der Waals surface area contributed by atoms with E-state index in [2.05, 4.69) is 4.72 Å². The van der Waals surface area contributed by atoms with Crippen molar-refractivity contribution in [1.82, 2.24) is 4.72 Å². The molecule has 2 rings (SSSR count). The summed E-state index contributed by atoms with van der Waals surface area (Å²) in [6.07, 6.45) is 0. The first-order chi connectivity index (χ1) is 8.90. The predicted octanol–water partition coefficient (Wildman–Crippen LogP) is 2.26. The van der Waals surface area contributed by atoms with Crippen molar-refractivity contribution in [2.24, 2.45) is 0 Å². The van der Waals surface area contributed by atoms with Crippen LogP contribution in [-0.2, 0) is 16.6 Å². The van der Waals surface area contributed by atoms with Crippen LogP contribution >= 0.6 is 11.3 Å². The first kappa shape index (κ1) is 14.0. The molecule has 0 aliphatic rings. The van der Waals surface area contributed by atoms with E-state index in [4.69, 9.17) is 5.73 Å². The van der Waals surface area contributed by atoms with Crippen LogP contribution in [-0.4, -0.2) is 8.42 Å². The molecule has 102 valence electrons. The molecule has 0 unspecified atom stereocenters. The minimum atomic E-state index is -3.90. The monoisotopic (exact) mass is 300 g/mol. The van der Waals surface area contributed by atoms with Crippen LogP contribution in [0.4, 0.5) is 10.1 Å². The van der Waals surface area contributed by atoms with Gasteiger partial charge >= 0.3 is 0 Å². The van der Waals surface area contributed by atoms with Gasteiger partial charge in [-0.05, 0) is 42.1 Å². The average molecular weight is 300 g/mol. The summed E-state index contributed by atoms with van der Waals surface area (Å²) in [7, 11) is -3.90. The van der Waals surface area contributed by atoms with Crippen molar-refractivity contribution < 1.29 is 12.8 Å². The molecule has 0 aliphatic carbocycles. The number of hydrogen-bond donors (Lipinski definition) is 2. The van der Waals surface area contributed by atoms with Crippen LogP contribution in [0.5, 0.6) is 0 Å². The lowest BCUT2D eigenvalue weighted by molar-refractivity contribution is 0.557. The molecule has 1 aromatic carbocycles. The van der Waals surface area contributed by atoms with Gasteiger partial charge in [-0.25, -0.2) is 17.5 Å². The number of hydrogen-bond acceptors (Lipinski definition) is 4. The third kappa shape index (κ3) is 3.12. The van der Waals surface area contributed by atoms with E-state index in [1.165, 1.54) is 17.4 Å². The fraction of sp³-hybridized carbons (Fsp3) is 0.167. The fourth-order valence-electron chi connectivity index (χ4n) is 1.55. The Morgan fingerprint density at radius 2 is 2.11 bits per heavy atom. The Morgan fingerprint density at radius 3 is 2.74 bits per heavy atom. The zero-order valence-corrected chi connectivity index (χ0v) is 11.8. The molecule has 4 nitrogen and oxygen atoms in total. The maximum Gasteiger partial charge on any atom is 0.243 e. The van der Waals surface area contributed by atoms with Gasteiger partial charge in [0.15, 0.2) is 0 Å². The van der Waals surface area contributed by atoms with Crippen LogP contribution in [0.15, 0.2) is 34.5 Å². The molecule has 2 aromatic rings. The quantitative estimate of drug-likeness (QED) is 0.851. The largest absolute Gasteiger partial charge is 0.399 e. The van der Waals surface area contributed by atoms with Gasteiger partial charge < -0.3 is 5.73 Å². The second kappa shape index (κ2) is 5.28. The lowest BCUT2D eigenvalue weighted by Crippen LogP contribution is -2.24. The van der Waals surface area contributed by atoms with Crippen molar-refractivity contribution >= 4 is 27.0 Å². The molecule has 0 fully saturated rings. The average Bonchev–Trinajstić information content (AvgIpc) is 2.75. The van der Waals surface area contributed by atoms with Crippen LogP contribution in [0.1, 0.15) is 10.4 Å². The number of aryl methyl sites for hydroxylation is 1. The van der Waals surface area contributed by atoms with Crippen molar-refractivity contribution in [3.63, 3.8) is 0 Å². The summed E-state index contributed by atoms with van der Waals surface area (Å²) in [6.45, 7) is 2.03. The molecule has 1 heterocycles. The van der Waals surface area contributed by atoms with Crippen molar-refractivity contribution in [2.75, 3.05) is 5.73 Å². The molecule has 0 aliphatic heterocycles. The zero-order chi connectivity index (χ0) is 14.0. The Labute approximate surface area is 115 Å². The van der Waals surface area contributed by atoms with Gasteiger partial charge in [0.05, 0.1) is 0 Å². The molecule has 7 heteroatoms. The molecule has 0 atom stereocenters. The topological polar surface area (TPSA) is 72.2 Å². The minimum absolute atomic E-state index is 0.139. The predicted molar refractivity (Wildman–Crippen MR) is 73.9 cm³/mol. The van der Waals surface area contributed by atoms with E-state index < -0.39 is 20.7 Å². The Balaban J connectivity index is 2.23. The maximum absolute atomic E-state index is 13.5. The van der Waals surface area contributed by atoms with Gasteiger partial charge in [0.2, 0.25) is 10.0 Å². The summed E-state index contributed by atoms with van der Waals surface area (Å²) in [5, 5.41) is 1.88. The summed E-state index contributed by atoms with van der Waals surface area (Å²) in [4.78, 5) is 0.467. The third-order valence-corrected chi connectivity index (χ3v) is 5.07. The van der Waals surface area contributed by atoms with E-state index in [1.807, 2.05) is 18.4 Å². The van der Waals surface area contributed by atoms with Gasteiger partial charge in [-0.2, -0.15) is 0 Å². The Hall–Kier alpha value is -1.44. The van der Waals surface area contributed by atoms with Crippen LogP contribution in [0, 0.1) is 12.7 Å². The standard InChI is InChI=1S/C12H13FN2O2S2/c1-8-4-5-18-11(8)7-15-19(16,17)12-6-9(14)2-3-10(12)13/h2-6,15H,7,14H2,1H3. The number of benzene rings is 1.